The van der Waals surface area contributed by atoms with Crippen molar-refractivity contribution in [3.63, 3.8) is 0 Å². The summed E-state index contributed by atoms with van der Waals surface area (Å²) in [5.41, 5.74) is 2.55. The van der Waals surface area contributed by atoms with E-state index in [4.69, 9.17) is 0 Å². The number of carbonyl (C=O) groups is 1. The second-order valence-corrected chi connectivity index (χ2v) is 7.30. The highest BCUT2D eigenvalue weighted by Crippen LogP contribution is 2.48. The van der Waals surface area contributed by atoms with Crippen LogP contribution in [0.1, 0.15) is 23.5 Å². The average Bonchev–Trinajstić information content (AvgIpc) is 3.50. The number of carbonyl (C=O) groups excluding carboxylic acids is 1. The highest BCUT2D eigenvalue weighted by molar-refractivity contribution is 5.83. The molecule has 134 valence electrons. The molecule has 0 aromatic heterocycles. The Hall–Kier alpha value is -2.39. The minimum Gasteiger partial charge on any atom is -0.340 e. The molecule has 1 aliphatic carbocycles. The summed E-state index contributed by atoms with van der Waals surface area (Å²) in [4.78, 5) is 17.2. The molecule has 1 aliphatic heterocycles. The van der Waals surface area contributed by atoms with Crippen molar-refractivity contribution < 1.29 is 4.79 Å². The summed E-state index contributed by atoms with van der Waals surface area (Å²) in [5, 5.41) is 0. The van der Waals surface area contributed by atoms with Crippen LogP contribution in [-0.2, 0) is 4.79 Å². The molecule has 3 heteroatoms. The molecule has 1 saturated carbocycles. The van der Waals surface area contributed by atoms with Crippen molar-refractivity contribution in [1.29, 1.82) is 0 Å². The van der Waals surface area contributed by atoms with E-state index >= 15 is 0 Å². The summed E-state index contributed by atoms with van der Waals surface area (Å²) in [5.74, 6) is 1.01. The van der Waals surface area contributed by atoms with Crippen molar-refractivity contribution in [2.75, 3.05) is 32.7 Å². The normalized spacial score (nSPS) is 23.3. The Balaban J connectivity index is 1.23. The monoisotopic (exact) mass is 346 g/mol. The Labute approximate surface area is 155 Å². The van der Waals surface area contributed by atoms with Crippen LogP contribution in [0.2, 0.25) is 0 Å². The predicted molar refractivity (Wildman–Crippen MR) is 106 cm³/mol. The molecule has 0 spiro atoms. The van der Waals surface area contributed by atoms with Gasteiger partial charge in [-0.05, 0) is 23.5 Å². The highest BCUT2D eigenvalue weighted by atomic mass is 16.2. The van der Waals surface area contributed by atoms with Gasteiger partial charge in [0.1, 0.15) is 0 Å². The van der Waals surface area contributed by atoms with Crippen molar-refractivity contribution in [1.82, 2.24) is 9.80 Å². The number of nitrogens with zero attached hydrogens (tertiary/aromatic N) is 2. The molecule has 4 rings (SSSR count). The second kappa shape index (κ2) is 7.88. The molecule has 0 radical (unpaired) electrons. The minimum atomic E-state index is 0.210. The van der Waals surface area contributed by atoms with Crippen LogP contribution >= 0.6 is 0 Å². The molecule has 0 N–H and O–H groups in total. The Morgan fingerprint density at radius 3 is 2.27 bits per heavy atom. The van der Waals surface area contributed by atoms with Gasteiger partial charge in [-0.2, -0.15) is 0 Å². The molecule has 3 nitrogen and oxygen atoms in total. The molecule has 1 saturated heterocycles. The molecule has 1 amide bonds. The third-order valence-corrected chi connectivity index (χ3v) is 5.49. The fourth-order valence-corrected chi connectivity index (χ4v) is 3.82. The van der Waals surface area contributed by atoms with Crippen molar-refractivity contribution in [2.45, 2.75) is 12.3 Å². The summed E-state index contributed by atoms with van der Waals surface area (Å²) < 4.78 is 0. The Morgan fingerprint density at radius 2 is 1.58 bits per heavy atom. The highest BCUT2D eigenvalue weighted by Gasteiger charge is 2.45. The first kappa shape index (κ1) is 17.0. The van der Waals surface area contributed by atoms with Gasteiger partial charge in [-0.25, -0.2) is 0 Å². The van der Waals surface area contributed by atoms with Crippen molar-refractivity contribution in [3.05, 3.63) is 77.9 Å². The lowest BCUT2D eigenvalue weighted by Crippen LogP contribution is -2.49. The van der Waals surface area contributed by atoms with Crippen LogP contribution in [0.15, 0.2) is 66.7 Å². The van der Waals surface area contributed by atoms with Crippen LogP contribution in [0.25, 0.3) is 6.08 Å². The van der Waals surface area contributed by atoms with Crippen molar-refractivity contribution in [2.24, 2.45) is 5.92 Å². The summed E-state index contributed by atoms with van der Waals surface area (Å²) in [6.07, 6.45) is 5.41. The van der Waals surface area contributed by atoms with Crippen molar-refractivity contribution in [3.8, 4) is 0 Å². The second-order valence-electron chi connectivity index (χ2n) is 7.30. The first-order valence-electron chi connectivity index (χ1n) is 9.59. The first-order chi connectivity index (χ1) is 12.8. The largest absolute Gasteiger partial charge is 0.340 e. The van der Waals surface area contributed by atoms with E-state index in [9.17, 15) is 4.79 Å². The lowest BCUT2D eigenvalue weighted by atomic mass is 10.1. The first-order valence-corrected chi connectivity index (χ1v) is 9.59. The number of hydrogen-bond acceptors (Lipinski definition) is 2. The summed E-state index contributed by atoms with van der Waals surface area (Å²) in [6, 6.07) is 20.9. The summed E-state index contributed by atoms with van der Waals surface area (Å²) in [6.45, 7) is 4.60. The SMILES string of the molecule is O=C(C1CC1c1ccccc1)N1CCN(CC=Cc2ccccc2)CC1. The van der Waals surface area contributed by atoms with E-state index in [2.05, 4.69) is 70.5 Å². The zero-order valence-electron chi connectivity index (χ0n) is 15.1. The van der Waals surface area contributed by atoms with E-state index in [1.807, 2.05) is 12.1 Å². The van der Waals surface area contributed by atoms with E-state index in [0.29, 0.717) is 11.8 Å². The number of piperazine rings is 1. The fraction of sp³-hybridized carbons (Fsp3) is 0.348. The van der Waals surface area contributed by atoms with Gasteiger partial charge in [0.2, 0.25) is 5.91 Å². The van der Waals surface area contributed by atoms with E-state index < -0.39 is 0 Å². The Kier molecular flexibility index (Phi) is 5.16. The molecule has 26 heavy (non-hydrogen) atoms. The topological polar surface area (TPSA) is 23.6 Å². The van der Waals surface area contributed by atoms with Crippen molar-refractivity contribution >= 4 is 12.0 Å². The van der Waals surface area contributed by atoms with Gasteiger partial charge in [-0.1, -0.05) is 72.8 Å². The Morgan fingerprint density at radius 1 is 0.923 bits per heavy atom. The number of rotatable bonds is 5. The fourth-order valence-electron chi connectivity index (χ4n) is 3.82. The number of amides is 1. The van der Waals surface area contributed by atoms with Gasteiger partial charge in [0.05, 0.1) is 0 Å². The lowest BCUT2D eigenvalue weighted by molar-refractivity contribution is -0.134. The van der Waals surface area contributed by atoms with Gasteiger partial charge in [0.25, 0.3) is 0 Å². The molecule has 0 bridgehead atoms. The molecule has 2 atom stereocenters. The van der Waals surface area contributed by atoms with Gasteiger partial charge in [-0.3, -0.25) is 9.69 Å². The molecular formula is C23H26N2O. The number of hydrogen-bond donors (Lipinski definition) is 0. The molecule has 2 aliphatic rings. The third kappa shape index (κ3) is 4.05. The molecule has 2 aromatic rings. The van der Waals surface area contributed by atoms with Gasteiger partial charge >= 0.3 is 0 Å². The molecule has 2 fully saturated rings. The van der Waals surface area contributed by atoms with E-state index in [1.165, 1.54) is 11.1 Å². The van der Waals surface area contributed by atoms with Crippen LogP contribution in [0.3, 0.4) is 0 Å². The zero-order valence-corrected chi connectivity index (χ0v) is 15.1. The maximum absolute atomic E-state index is 12.7. The van der Waals surface area contributed by atoms with E-state index in [-0.39, 0.29) is 5.92 Å². The predicted octanol–water partition coefficient (Wildman–Crippen LogP) is 3.65. The maximum atomic E-state index is 12.7. The quantitative estimate of drug-likeness (QED) is 0.825. The summed E-state index contributed by atoms with van der Waals surface area (Å²) >= 11 is 0. The molecule has 1 heterocycles. The molecule has 2 unspecified atom stereocenters. The third-order valence-electron chi connectivity index (χ3n) is 5.49. The van der Waals surface area contributed by atoms with Crippen LogP contribution in [-0.4, -0.2) is 48.4 Å². The lowest BCUT2D eigenvalue weighted by Gasteiger charge is -2.34. The van der Waals surface area contributed by atoms with Gasteiger partial charge in [-0.15, -0.1) is 0 Å². The average molecular weight is 346 g/mol. The van der Waals surface area contributed by atoms with Crippen LogP contribution < -0.4 is 0 Å². The van der Waals surface area contributed by atoms with Crippen LogP contribution in [0, 0.1) is 5.92 Å². The summed E-state index contributed by atoms with van der Waals surface area (Å²) in [7, 11) is 0. The maximum Gasteiger partial charge on any atom is 0.226 e. The number of benzene rings is 2. The van der Waals surface area contributed by atoms with E-state index in [0.717, 1.165) is 39.1 Å². The molecule has 2 aromatic carbocycles. The van der Waals surface area contributed by atoms with Crippen LogP contribution in [0.5, 0.6) is 0 Å². The van der Waals surface area contributed by atoms with Gasteiger partial charge in [0.15, 0.2) is 0 Å². The van der Waals surface area contributed by atoms with Crippen LogP contribution in [0.4, 0.5) is 0 Å². The smallest absolute Gasteiger partial charge is 0.226 e. The van der Waals surface area contributed by atoms with Gasteiger partial charge in [0, 0.05) is 38.6 Å². The van der Waals surface area contributed by atoms with Gasteiger partial charge < -0.3 is 4.90 Å². The minimum absolute atomic E-state index is 0.210. The standard InChI is InChI=1S/C23H26N2O/c26-23(22-18-21(22)20-11-5-2-6-12-20)25-16-14-24(15-17-25)13-7-10-19-8-3-1-4-9-19/h1-12,21-22H,13-18H2. The molecular weight excluding hydrogens is 320 g/mol. The zero-order chi connectivity index (χ0) is 17.8. The van der Waals surface area contributed by atoms with E-state index in [1.54, 1.807) is 0 Å². The Bertz CT molecular complexity index is 748.